The topological polar surface area (TPSA) is 72.2 Å². The lowest BCUT2D eigenvalue weighted by molar-refractivity contribution is 0.0687. The number of hydrogen-bond acceptors (Lipinski definition) is 3. The summed E-state index contributed by atoms with van der Waals surface area (Å²) in [5.41, 5.74) is -0.0633. The van der Waals surface area contributed by atoms with Gasteiger partial charge in [0, 0.05) is 6.20 Å². The van der Waals surface area contributed by atoms with E-state index >= 15 is 0 Å². The molecule has 0 aliphatic rings. The lowest BCUT2D eigenvalue weighted by Gasteiger charge is -1.99. The van der Waals surface area contributed by atoms with Crippen LogP contribution in [0.3, 0.4) is 0 Å². The maximum Gasteiger partial charge on any atom is 0.357 e. The van der Waals surface area contributed by atoms with Gasteiger partial charge >= 0.3 is 5.97 Å². The fraction of sp³-hybridized carbons (Fsp3) is 0. The first kappa shape index (κ1) is 11.0. The molecule has 0 unspecified atom stereocenters. The van der Waals surface area contributed by atoms with Crippen LogP contribution in [0.2, 0.25) is 0 Å². The maximum absolute atomic E-state index is 13.0. The molecule has 1 heterocycles. The zero-order valence-electron chi connectivity index (χ0n) is 8.50. The molecule has 0 bridgehead atoms. The Bertz CT molecular complexity index is 592. The Morgan fingerprint density at radius 2 is 2.24 bits per heavy atom. The van der Waals surface area contributed by atoms with Crippen molar-refractivity contribution >= 4 is 12.3 Å². The monoisotopic (exact) mass is 234 g/mol. The van der Waals surface area contributed by atoms with Crippen LogP contribution >= 0.6 is 0 Å². The van der Waals surface area contributed by atoms with E-state index in [0.717, 1.165) is 4.68 Å². The van der Waals surface area contributed by atoms with Gasteiger partial charge < -0.3 is 5.11 Å². The van der Waals surface area contributed by atoms with Gasteiger partial charge in [-0.15, -0.1) is 0 Å². The zero-order chi connectivity index (χ0) is 12.4. The summed E-state index contributed by atoms with van der Waals surface area (Å²) in [6.45, 7) is 0. The number of carboxylic acid groups (broad SMARTS) is 1. The van der Waals surface area contributed by atoms with E-state index in [4.69, 9.17) is 5.11 Å². The van der Waals surface area contributed by atoms with Crippen LogP contribution in [-0.2, 0) is 0 Å². The summed E-state index contributed by atoms with van der Waals surface area (Å²) in [5.74, 6) is -1.77. The predicted molar refractivity (Wildman–Crippen MR) is 55.9 cm³/mol. The molecule has 86 valence electrons. The number of carbonyl (C=O) groups is 2. The molecule has 17 heavy (non-hydrogen) atoms. The molecule has 0 atom stereocenters. The maximum atomic E-state index is 13.0. The minimum atomic E-state index is -1.30. The highest BCUT2D eigenvalue weighted by Gasteiger charge is 2.15. The van der Waals surface area contributed by atoms with E-state index in [1.54, 1.807) is 6.07 Å². The third kappa shape index (κ3) is 2.05. The molecule has 0 spiro atoms. The third-order valence-corrected chi connectivity index (χ3v) is 2.14. The fourth-order valence-corrected chi connectivity index (χ4v) is 1.39. The molecule has 1 aromatic heterocycles. The van der Waals surface area contributed by atoms with Crippen LogP contribution in [0.4, 0.5) is 4.39 Å². The molecule has 0 aliphatic heterocycles. The van der Waals surface area contributed by atoms with E-state index in [-0.39, 0.29) is 11.3 Å². The predicted octanol–water partition coefficient (Wildman–Crippen LogP) is 1.52. The van der Waals surface area contributed by atoms with E-state index in [2.05, 4.69) is 5.10 Å². The molecule has 0 aliphatic carbocycles. The van der Waals surface area contributed by atoms with Crippen LogP contribution in [0.15, 0.2) is 30.5 Å². The second-order valence-electron chi connectivity index (χ2n) is 3.28. The summed E-state index contributed by atoms with van der Waals surface area (Å²) >= 11 is 0. The van der Waals surface area contributed by atoms with Crippen molar-refractivity contribution in [2.45, 2.75) is 0 Å². The lowest BCUT2D eigenvalue weighted by atomic mass is 10.3. The van der Waals surface area contributed by atoms with Crippen molar-refractivity contribution in [3.63, 3.8) is 0 Å². The number of carboxylic acids is 1. The molecule has 2 rings (SSSR count). The highest BCUT2D eigenvalue weighted by atomic mass is 19.1. The van der Waals surface area contributed by atoms with E-state index < -0.39 is 11.8 Å². The van der Waals surface area contributed by atoms with Gasteiger partial charge in [-0.2, -0.15) is 5.10 Å². The zero-order valence-corrected chi connectivity index (χ0v) is 8.50. The highest BCUT2D eigenvalue weighted by molar-refractivity contribution is 5.95. The smallest absolute Gasteiger partial charge is 0.357 e. The summed E-state index contributed by atoms with van der Waals surface area (Å²) in [5, 5.41) is 12.5. The number of aromatic carboxylic acids is 1. The summed E-state index contributed by atoms with van der Waals surface area (Å²) in [6.07, 6.45) is 1.64. The molecule has 0 saturated carbocycles. The molecule has 6 heteroatoms. The Morgan fingerprint density at radius 3 is 2.76 bits per heavy atom. The SMILES string of the molecule is O=Cc1cn(-c2cccc(F)c2)nc1C(=O)O. The molecule has 0 saturated heterocycles. The van der Waals surface area contributed by atoms with Gasteiger partial charge in [-0.25, -0.2) is 13.9 Å². The number of aldehydes is 1. The number of benzene rings is 1. The Kier molecular flexibility index (Phi) is 2.70. The molecule has 0 amide bonds. The summed E-state index contributed by atoms with van der Waals surface area (Å²) < 4.78 is 14.1. The van der Waals surface area contributed by atoms with Crippen molar-refractivity contribution in [3.05, 3.63) is 47.5 Å². The van der Waals surface area contributed by atoms with Crippen molar-refractivity contribution in [1.29, 1.82) is 0 Å². The molecular weight excluding hydrogens is 227 g/mol. The van der Waals surface area contributed by atoms with Gasteiger partial charge in [0.1, 0.15) is 5.82 Å². The summed E-state index contributed by atoms with van der Waals surface area (Å²) in [4.78, 5) is 21.4. The van der Waals surface area contributed by atoms with Crippen molar-refractivity contribution in [1.82, 2.24) is 9.78 Å². The minimum Gasteiger partial charge on any atom is -0.476 e. The van der Waals surface area contributed by atoms with Crippen molar-refractivity contribution in [2.75, 3.05) is 0 Å². The van der Waals surface area contributed by atoms with Crippen LogP contribution < -0.4 is 0 Å². The Morgan fingerprint density at radius 1 is 1.47 bits per heavy atom. The number of aromatic nitrogens is 2. The van der Waals surface area contributed by atoms with Crippen molar-refractivity contribution < 1.29 is 19.1 Å². The van der Waals surface area contributed by atoms with Gasteiger partial charge in [0.2, 0.25) is 0 Å². The lowest BCUT2D eigenvalue weighted by Crippen LogP contribution is -2.02. The number of hydrogen-bond donors (Lipinski definition) is 1. The fourth-order valence-electron chi connectivity index (χ4n) is 1.39. The highest BCUT2D eigenvalue weighted by Crippen LogP contribution is 2.12. The van der Waals surface area contributed by atoms with Gasteiger partial charge in [-0.1, -0.05) is 6.07 Å². The quantitative estimate of drug-likeness (QED) is 0.817. The van der Waals surface area contributed by atoms with Crippen LogP contribution in [0.5, 0.6) is 0 Å². The second kappa shape index (κ2) is 4.17. The van der Waals surface area contributed by atoms with E-state index in [1.807, 2.05) is 0 Å². The van der Waals surface area contributed by atoms with E-state index in [0.29, 0.717) is 12.0 Å². The Balaban J connectivity index is 2.54. The number of rotatable bonds is 3. The van der Waals surface area contributed by atoms with Crippen LogP contribution in [0.1, 0.15) is 20.8 Å². The Hall–Kier alpha value is -2.50. The van der Waals surface area contributed by atoms with E-state index in [9.17, 15) is 14.0 Å². The average Bonchev–Trinajstić information content (AvgIpc) is 2.73. The van der Waals surface area contributed by atoms with Crippen LogP contribution in [0, 0.1) is 5.82 Å². The number of halogens is 1. The molecule has 2 aromatic rings. The first-order valence-corrected chi connectivity index (χ1v) is 4.66. The third-order valence-electron chi connectivity index (χ3n) is 2.14. The van der Waals surface area contributed by atoms with Gasteiger partial charge in [0.15, 0.2) is 12.0 Å². The first-order chi connectivity index (χ1) is 8.11. The first-order valence-electron chi connectivity index (χ1n) is 4.66. The summed E-state index contributed by atoms with van der Waals surface area (Å²) in [7, 11) is 0. The standard InChI is InChI=1S/C11H7FN2O3/c12-8-2-1-3-9(4-8)14-5-7(6-15)10(13-14)11(16)17/h1-6H,(H,16,17). The van der Waals surface area contributed by atoms with E-state index in [1.165, 1.54) is 24.4 Å². The second-order valence-corrected chi connectivity index (χ2v) is 3.28. The van der Waals surface area contributed by atoms with Crippen LogP contribution in [-0.4, -0.2) is 27.1 Å². The molecule has 1 aromatic carbocycles. The van der Waals surface area contributed by atoms with Gasteiger partial charge in [-0.3, -0.25) is 4.79 Å². The van der Waals surface area contributed by atoms with Crippen molar-refractivity contribution in [3.8, 4) is 5.69 Å². The molecule has 0 fully saturated rings. The average molecular weight is 234 g/mol. The number of carbonyl (C=O) groups excluding carboxylic acids is 1. The Labute approximate surface area is 95.1 Å². The van der Waals surface area contributed by atoms with Gasteiger partial charge in [0.05, 0.1) is 11.3 Å². The van der Waals surface area contributed by atoms with Crippen molar-refractivity contribution in [2.24, 2.45) is 0 Å². The van der Waals surface area contributed by atoms with Crippen LogP contribution in [0.25, 0.3) is 5.69 Å². The number of nitrogens with zero attached hydrogens (tertiary/aromatic N) is 2. The van der Waals surface area contributed by atoms with Gasteiger partial charge in [0.25, 0.3) is 0 Å². The largest absolute Gasteiger partial charge is 0.476 e. The normalized spacial score (nSPS) is 10.2. The summed E-state index contributed by atoms with van der Waals surface area (Å²) in [6, 6.07) is 5.46. The molecule has 1 N–H and O–H groups in total. The molecular formula is C11H7FN2O3. The molecule has 5 nitrogen and oxygen atoms in total. The van der Waals surface area contributed by atoms with Gasteiger partial charge in [-0.05, 0) is 18.2 Å². The minimum absolute atomic E-state index is 0.0539. The molecule has 0 radical (unpaired) electrons.